The van der Waals surface area contributed by atoms with Crippen LogP contribution in [0.3, 0.4) is 0 Å². The van der Waals surface area contributed by atoms with E-state index in [2.05, 4.69) is 20.2 Å². The van der Waals surface area contributed by atoms with Crippen molar-refractivity contribution >= 4 is 38.9 Å². The molecule has 0 saturated heterocycles. The number of hydrogen-bond acceptors (Lipinski definition) is 5. The van der Waals surface area contributed by atoms with E-state index in [0.29, 0.717) is 24.3 Å². The van der Waals surface area contributed by atoms with Crippen LogP contribution in [0.1, 0.15) is 19.2 Å². The highest BCUT2D eigenvalue weighted by Crippen LogP contribution is 2.18. The number of amides is 1. The quantitative estimate of drug-likeness (QED) is 0.448. The predicted octanol–water partition coefficient (Wildman–Crippen LogP) is 2.14. The number of carbonyl (C=O) groups is 1. The first kappa shape index (κ1) is 21.2. The number of nitrogens with zero attached hydrogens (tertiary/aromatic N) is 2. The topological polar surface area (TPSA) is 109 Å². The number of carbonyl (C=O) groups excluding carboxylic acids is 1. The van der Waals surface area contributed by atoms with E-state index in [1.54, 1.807) is 18.2 Å². The van der Waals surface area contributed by atoms with Gasteiger partial charge in [-0.05, 0) is 42.0 Å². The number of aromatic nitrogens is 3. The maximum Gasteiger partial charge on any atom is 0.240 e. The molecule has 29 heavy (non-hydrogen) atoms. The second kappa shape index (κ2) is 9.29. The zero-order valence-electron chi connectivity index (χ0n) is 16.0. The van der Waals surface area contributed by atoms with Gasteiger partial charge in [0.05, 0.1) is 4.90 Å². The molecular formula is C19H23N5O3S2. The van der Waals surface area contributed by atoms with Crippen molar-refractivity contribution in [3.8, 4) is 0 Å². The molecule has 3 N–H and O–H groups in total. The van der Waals surface area contributed by atoms with Gasteiger partial charge < -0.3 is 9.88 Å². The summed E-state index contributed by atoms with van der Waals surface area (Å²) in [7, 11) is -3.68. The molecule has 10 heteroatoms. The monoisotopic (exact) mass is 433 g/mol. The molecule has 0 bridgehead atoms. The lowest BCUT2D eigenvalue weighted by Crippen LogP contribution is -2.32. The van der Waals surface area contributed by atoms with Gasteiger partial charge in [0, 0.05) is 32.5 Å². The average Bonchev–Trinajstić information content (AvgIpc) is 3.07. The molecule has 0 unspecified atom stereocenters. The smallest absolute Gasteiger partial charge is 0.240 e. The van der Waals surface area contributed by atoms with Crippen LogP contribution in [0.5, 0.6) is 0 Å². The number of rotatable bonds is 9. The van der Waals surface area contributed by atoms with Crippen molar-refractivity contribution in [1.29, 1.82) is 0 Å². The maximum absolute atomic E-state index is 12.5. The van der Waals surface area contributed by atoms with Gasteiger partial charge >= 0.3 is 0 Å². The Morgan fingerprint density at radius 2 is 1.93 bits per heavy atom. The Morgan fingerprint density at radius 3 is 2.69 bits per heavy atom. The van der Waals surface area contributed by atoms with Gasteiger partial charge in [0.2, 0.25) is 15.9 Å². The second-order valence-electron chi connectivity index (χ2n) is 6.45. The fourth-order valence-electron chi connectivity index (χ4n) is 2.99. The molecule has 0 fully saturated rings. The first-order valence-corrected chi connectivity index (χ1v) is 11.2. The van der Waals surface area contributed by atoms with Crippen LogP contribution in [0.15, 0.2) is 47.4 Å². The highest BCUT2D eigenvalue weighted by molar-refractivity contribution is 7.89. The number of fused-ring (bicyclic) bond motifs is 1. The van der Waals surface area contributed by atoms with E-state index in [9.17, 15) is 13.2 Å². The number of hydrogen-bond donors (Lipinski definition) is 3. The third-order valence-corrected chi connectivity index (χ3v) is 6.27. The van der Waals surface area contributed by atoms with Crippen LogP contribution >= 0.6 is 12.2 Å². The molecule has 0 aliphatic carbocycles. The molecule has 0 saturated carbocycles. The van der Waals surface area contributed by atoms with Crippen molar-refractivity contribution in [2.45, 2.75) is 31.2 Å². The van der Waals surface area contributed by atoms with Crippen molar-refractivity contribution in [2.75, 3.05) is 13.1 Å². The Balaban J connectivity index is 1.48. The molecule has 1 amide bonds. The van der Waals surface area contributed by atoms with Gasteiger partial charge in [-0.1, -0.05) is 30.3 Å². The Hall–Kier alpha value is -2.56. The molecule has 154 valence electrons. The summed E-state index contributed by atoms with van der Waals surface area (Å²) in [5.74, 6) is 0.540. The molecule has 0 spiro atoms. The van der Waals surface area contributed by atoms with Crippen LogP contribution in [0.4, 0.5) is 0 Å². The van der Waals surface area contributed by atoms with E-state index < -0.39 is 10.0 Å². The van der Waals surface area contributed by atoms with Gasteiger partial charge in [-0.3, -0.25) is 9.89 Å². The summed E-state index contributed by atoms with van der Waals surface area (Å²) < 4.78 is 29.8. The van der Waals surface area contributed by atoms with Gasteiger partial charge in [-0.15, -0.1) is 0 Å². The first-order valence-electron chi connectivity index (χ1n) is 9.30. The molecule has 0 aliphatic rings. The predicted molar refractivity (Wildman–Crippen MR) is 114 cm³/mol. The fourth-order valence-corrected chi connectivity index (χ4v) is 4.33. The molecule has 0 radical (unpaired) electrons. The molecule has 0 aliphatic heterocycles. The molecule has 8 nitrogen and oxygen atoms in total. The number of nitrogens with one attached hydrogen (secondary N) is 3. The number of aromatic amines is 1. The van der Waals surface area contributed by atoms with Crippen molar-refractivity contribution in [2.24, 2.45) is 0 Å². The lowest BCUT2D eigenvalue weighted by molar-refractivity contribution is -0.120. The highest BCUT2D eigenvalue weighted by Gasteiger charge is 2.15. The third-order valence-electron chi connectivity index (χ3n) is 4.50. The van der Waals surface area contributed by atoms with Crippen LogP contribution in [-0.4, -0.2) is 42.2 Å². The Morgan fingerprint density at radius 1 is 1.17 bits per heavy atom. The molecule has 0 atom stereocenters. The summed E-state index contributed by atoms with van der Waals surface area (Å²) in [4.78, 5) is 12.2. The molecule has 1 heterocycles. The lowest BCUT2D eigenvalue weighted by atomic mass is 10.1. The minimum absolute atomic E-state index is 0.0225. The Kier molecular flexibility index (Phi) is 6.78. The van der Waals surface area contributed by atoms with Crippen LogP contribution in [0, 0.1) is 4.77 Å². The number of benzene rings is 2. The minimum Gasteiger partial charge on any atom is -0.356 e. The summed E-state index contributed by atoms with van der Waals surface area (Å²) in [5.41, 5.74) is 0. The van der Waals surface area contributed by atoms with Gasteiger partial charge in [-0.2, -0.15) is 5.10 Å². The van der Waals surface area contributed by atoms with Crippen molar-refractivity contribution in [3.05, 3.63) is 53.1 Å². The SMILES string of the molecule is CCn1c(CCNC(=O)CCNS(=O)(=O)c2ccc3ccccc3c2)n[nH]c1=S. The van der Waals surface area contributed by atoms with Gasteiger partial charge in [-0.25, -0.2) is 13.1 Å². The average molecular weight is 434 g/mol. The lowest BCUT2D eigenvalue weighted by Gasteiger charge is -2.09. The molecular weight excluding hydrogens is 410 g/mol. The van der Waals surface area contributed by atoms with E-state index in [1.165, 1.54) is 0 Å². The molecule has 1 aromatic heterocycles. The number of sulfonamides is 1. The zero-order chi connectivity index (χ0) is 20.9. The summed E-state index contributed by atoms with van der Waals surface area (Å²) in [5, 5.41) is 11.4. The van der Waals surface area contributed by atoms with Crippen molar-refractivity contribution < 1.29 is 13.2 Å². The van der Waals surface area contributed by atoms with Gasteiger partial charge in [0.15, 0.2) is 4.77 Å². The van der Waals surface area contributed by atoms with Crippen LogP contribution in [-0.2, 0) is 27.8 Å². The second-order valence-corrected chi connectivity index (χ2v) is 8.60. The van der Waals surface area contributed by atoms with E-state index >= 15 is 0 Å². The van der Waals surface area contributed by atoms with Gasteiger partial charge in [0.1, 0.15) is 5.82 Å². The van der Waals surface area contributed by atoms with Crippen LogP contribution in [0.25, 0.3) is 10.8 Å². The summed E-state index contributed by atoms with van der Waals surface area (Å²) >= 11 is 5.12. The van der Waals surface area contributed by atoms with E-state index in [1.807, 2.05) is 35.8 Å². The molecule has 3 aromatic rings. The van der Waals surface area contributed by atoms with Crippen LogP contribution in [0.2, 0.25) is 0 Å². The van der Waals surface area contributed by atoms with E-state index in [-0.39, 0.29) is 23.8 Å². The largest absolute Gasteiger partial charge is 0.356 e. The van der Waals surface area contributed by atoms with E-state index in [4.69, 9.17) is 12.2 Å². The summed E-state index contributed by atoms with van der Waals surface area (Å²) in [6.45, 7) is 3.09. The molecule has 3 rings (SSSR count). The van der Waals surface area contributed by atoms with Gasteiger partial charge in [0.25, 0.3) is 0 Å². The first-order chi connectivity index (χ1) is 13.9. The Bertz CT molecular complexity index is 1170. The minimum atomic E-state index is -3.68. The van der Waals surface area contributed by atoms with Crippen molar-refractivity contribution in [3.63, 3.8) is 0 Å². The zero-order valence-corrected chi connectivity index (χ0v) is 17.6. The Labute approximate surface area is 174 Å². The molecule has 2 aromatic carbocycles. The summed E-state index contributed by atoms with van der Waals surface area (Å²) in [6, 6.07) is 12.5. The highest BCUT2D eigenvalue weighted by atomic mass is 32.2. The maximum atomic E-state index is 12.5. The van der Waals surface area contributed by atoms with Crippen molar-refractivity contribution in [1.82, 2.24) is 24.8 Å². The van der Waals surface area contributed by atoms with E-state index in [0.717, 1.165) is 16.6 Å². The third kappa shape index (κ3) is 5.28. The standard InChI is InChI=1S/C19H23N5O3S2/c1-2-24-17(22-23-19(24)28)9-11-20-18(25)10-12-21-29(26,27)16-8-7-14-5-3-4-6-15(14)13-16/h3-8,13,21H,2,9-12H2,1H3,(H,20,25)(H,23,28). The van der Waals surface area contributed by atoms with Crippen LogP contribution < -0.4 is 10.0 Å². The normalized spacial score (nSPS) is 11.6. The summed E-state index contributed by atoms with van der Waals surface area (Å²) in [6.07, 6.45) is 0.586. The number of H-pyrrole nitrogens is 1. The fraction of sp³-hybridized carbons (Fsp3) is 0.316.